The molecule has 1 saturated carbocycles. The number of nitrogens with zero attached hydrogens (tertiary/aromatic N) is 1. The number of nitrogens with one attached hydrogen (secondary N) is 1. The zero-order chi connectivity index (χ0) is 14.7. The topological polar surface area (TPSA) is 55.2 Å². The predicted octanol–water partition coefficient (Wildman–Crippen LogP) is 4.98. The fourth-order valence-corrected chi connectivity index (χ4v) is 3.62. The standard InChI is InChI=1S/C15H21BrN2O2/c1-10(2)12-5-3-4-6-14(12)17-11-7-8-15(18(19)20)13(16)9-11/h7-10,12,14,17H,3-6H2,1-2H3. The van der Waals surface area contributed by atoms with Crippen molar-refractivity contribution in [3.05, 3.63) is 32.8 Å². The van der Waals surface area contributed by atoms with Gasteiger partial charge in [-0.3, -0.25) is 10.1 Å². The van der Waals surface area contributed by atoms with E-state index in [1.165, 1.54) is 25.7 Å². The fourth-order valence-electron chi connectivity index (χ4n) is 3.10. The molecular weight excluding hydrogens is 320 g/mol. The average molecular weight is 341 g/mol. The lowest BCUT2D eigenvalue weighted by Gasteiger charge is -2.35. The van der Waals surface area contributed by atoms with Gasteiger partial charge >= 0.3 is 0 Å². The molecule has 0 amide bonds. The van der Waals surface area contributed by atoms with E-state index in [2.05, 4.69) is 35.1 Å². The average Bonchev–Trinajstić information content (AvgIpc) is 2.38. The van der Waals surface area contributed by atoms with E-state index < -0.39 is 0 Å². The van der Waals surface area contributed by atoms with Gasteiger partial charge in [-0.05, 0) is 52.7 Å². The third-order valence-electron chi connectivity index (χ3n) is 4.17. The van der Waals surface area contributed by atoms with Crippen LogP contribution < -0.4 is 5.32 Å². The summed E-state index contributed by atoms with van der Waals surface area (Å²) < 4.78 is 0.532. The number of hydrogen-bond acceptors (Lipinski definition) is 3. The number of anilines is 1. The van der Waals surface area contributed by atoms with Gasteiger partial charge in [-0.2, -0.15) is 0 Å². The van der Waals surface area contributed by atoms with Crippen molar-refractivity contribution in [1.29, 1.82) is 0 Å². The summed E-state index contributed by atoms with van der Waals surface area (Å²) in [5.74, 6) is 1.34. The van der Waals surface area contributed by atoms with E-state index in [-0.39, 0.29) is 10.6 Å². The summed E-state index contributed by atoms with van der Waals surface area (Å²) >= 11 is 3.27. The first kappa shape index (κ1) is 15.3. The van der Waals surface area contributed by atoms with Crippen molar-refractivity contribution in [1.82, 2.24) is 0 Å². The molecule has 4 nitrogen and oxygen atoms in total. The molecule has 0 radical (unpaired) electrons. The molecular formula is C15H21BrN2O2. The summed E-state index contributed by atoms with van der Waals surface area (Å²) in [6, 6.07) is 5.63. The summed E-state index contributed by atoms with van der Waals surface area (Å²) in [7, 11) is 0. The first-order valence-electron chi connectivity index (χ1n) is 7.19. The van der Waals surface area contributed by atoms with Gasteiger partial charge in [0, 0.05) is 17.8 Å². The molecule has 1 aliphatic rings. The van der Waals surface area contributed by atoms with Crippen molar-refractivity contribution in [3.63, 3.8) is 0 Å². The van der Waals surface area contributed by atoms with E-state index >= 15 is 0 Å². The third kappa shape index (κ3) is 3.51. The van der Waals surface area contributed by atoms with Crippen molar-refractivity contribution in [2.45, 2.75) is 45.6 Å². The van der Waals surface area contributed by atoms with E-state index in [9.17, 15) is 10.1 Å². The highest BCUT2D eigenvalue weighted by atomic mass is 79.9. The molecule has 2 rings (SSSR count). The summed E-state index contributed by atoms with van der Waals surface area (Å²) in [6.45, 7) is 4.55. The first-order chi connectivity index (χ1) is 9.49. The van der Waals surface area contributed by atoms with Gasteiger partial charge in [0.2, 0.25) is 0 Å². The number of nitro benzene ring substituents is 1. The van der Waals surface area contributed by atoms with E-state index in [1.54, 1.807) is 12.1 Å². The highest BCUT2D eigenvalue weighted by Crippen LogP contribution is 2.34. The Balaban J connectivity index is 2.12. The van der Waals surface area contributed by atoms with Crippen molar-refractivity contribution in [2.75, 3.05) is 5.32 Å². The van der Waals surface area contributed by atoms with Crippen LogP contribution in [0.1, 0.15) is 39.5 Å². The molecule has 0 bridgehead atoms. The zero-order valence-corrected chi connectivity index (χ0v) is 13.5. The Morgan fingerprint density at radius 2 is 2.05 bits per heavy atom. The van der Waals surface area contributed by atoms with Gasteiger partial charge in [-0.25, -0.2) is 0 Å². The lowest BCUT2D eigenvalue weighted by Crippen LogP contribution is -2.35. The van der Waals surface area contributed by atoms with Crippen LogP contribution in [0.3, 0.4) is 0 Å². The quantitative estimate of drug-likeness (QED) is 0.620. The number of benzene rings is 1. The Kier molecular flexibility index (Phi) is 5.02. The van der Waals surface area contributed by atoms with Gasteiger partial charge < -0.3 is 5.32 Å². The van der Waals surface area contributed by atoms with E-state index in [0.717, 1.165) is 5.69 Å². The summed E-state index contributed by atoms with van der Waals surface area (Å²) in [4.78, 5) is 10.4. The molecule has 0 heterocycles. The minimum Gasteiger partial charge on any atom is -0.382 e. The van der Waals surface area contributed by atoms with Crippen LogP contribution in [0.25, 0.3) is 0 Å². The second-order valence-corrected chi connectivity index (χ2v) is 6.72. The molecule has 1 N–H and O–H groups in total. The SMILES string of the molecule is CC(C)C1CCCCC1Nc1ccc([N+](=O)[O-])c(Br)c1. The van der Waals surface area contributed by atoms with Crippen LogP contribution in [0.2, 0.25) is 0 Å². The molecule has 0 aromatic heterocycles. The maximum absolute atomic E-state index is 10.8. The van der Waals surface area contributed by atoms with Gasteiger partial charge in [0.05, 0.1) is 9.40 Å². The first-order valence-corrected chi connectivity index (χ1v) is 7.99. The van der Waals surface area contributed by atoms with Crippen LogP contribution in [-0.2, 0) is 0 Å². The maximum atomic E-state index is 10.8. The molecule has 2 atom stereocenters. The van der Waals surface area contributed by atoms with Crippen LogP contribution in [-0.4, -0.2) is 11.0 Å². The summed E-state index contributed by atoms with van der Waals surface area (Å²) in [5, 5.41) is 14.4. The number of hydrogen-bond donors (Lipinski definition) is 1. The molecule has 110 valence electrons. The Morgan fingerprint density at radius 1 is 1.35 bits per heavy atom. The molecule has 1 aromatic carbocycles. The molecule has 2 unspecified atom stereocenters. The van der Waals surface area contributed by atoms with Gasteiger partial charge in [0.1, 0.15) is 0 Å². The summed E-state index contributed by atoms with van der Waals surface area (Å²) in [6.07, 6.45) is 5.01. The largest absolute Gasteiger partial charge is 0.382 e. The molecule has 0 saturated heterocycles. The fraction of sp³-hybridized carbons (Fsp3) is 0.600. The Labute approximate surface area is 128 Å². The van der Waals surface area contributed by atoms with Crippen molar-refractivity contribution in [2.24, 2.45) is 11.8 Å². The monoisotopic (exact) mass is 340 g/mol. The van der Waals surface area contributed by atoms with Crippen LogP contribution in [0.5, 0.6) is 0 Å². The van der Waals surface area contributed by atoms with Crippen LogP contribution >= 0.6 is 15.9 Å². The van der Waals surface area contributed by atoms with Gasteiger partial charge in [-0.1, -0.05) is 26.7 Å². The Morgan fingerprint density at radius 3 is 2.65 bits per heavy atom. The normalized spacial score (nSPS) is 22.8. The molecule has 0 aliphatic heterocycles. The summed E-state index contributed by atoms with van der Waals surface area (Å²) in [5.41, 5.74) is 1.07. The number of halogens is 1. The number of nitro groups is 1. The van der Waals surface area contributed by atoms with E-state index in [0.29, 0.717) is 22.4 Å². The van der Waals surface area contributed by atoms with Crippen molar-refractivity contribution < 1.29 is 4.92 Å². The number of rotatable bonds is 4. The minimum absolute atomic E-state index is 0.111. The van der Waals surface area contributed by atoms with E-state index in [1.807, 2.05) is 6.07 Å². The highest BCUT2D eigenvalue weighted by Gasteiger charge is 2.27. The highest BCUT2D eigenvalue weighted by molar-refractivity contribution is 9.10. The molecule has 1 aliphatic carbocycles. The van der Waals surface area contributed by atoms with Crippen molar-refractivity contribution in [3.8, 4) is 0 Å². The Hall–Kier alpha value is -1.10. The zero-order valence-electron chi connectivity index (χ0n) is 11.9. The lowest BCUT2D eigenvalue weighted by molar-refractivity contribution is -0.385. The van der Waals surface area contributed by atoms with E-state index in [4.69, 9.17) is 0 Å². The van der Waals surface area contributed by atoms with Crippen LogP contribution in [0.4, 0.5) is 11.4 Å². The maximum Gasteiger partial charge on any atom is 0.283 e. The smallest absolute Gasteiger partial charge is 0.283 e. The van der Waals surface area contributed by atoms with Crippen molar-refractivity contribution >= 4 is 27.3 Å². The predicted molar refractivity (Wildman–Crippen MR) is 85.0 cm³/mol. The molecule has 1 aromatic rings. The van der Waals surface area contributed by atoms with Crippen LogP contribution in [0.15, 0.2) is 22.7 Å². The lowest BCUT2D eigenvalue weighted by atomic mass is 9.78. The van der Waals surface area contributed by atoms with Gasteiger partial charge in [0.25, 0.3) is 5.69 Å². The third-order valence-corrected chi connectivity index (χ3v) is 4.81. The molecule has 5 heteroatoms. The second-order valence-electron chi connectivity index (χ2n) is 5.87. The molecule has 0 spiro atoms. The van der Waals surface area contributed by atoms with Gasteiger partial charge in [0.15, 0.2) is 0 Å². The minimum atomic E-state index is -0.370. The molecule has 20 heavy (non-hydrogen) atoms. The second kappa shape index (κ2) is 6.57. The molecule has 1 fully saturated rings. The Bertz CT molecular complexity index is 491. The van der Waals surface area contributed by atoms with Gasteiger partial charge in [-0.15, -0.1) is 0 Å². The van der Waals surface area contributed by atoms with Crippen LogP contribution in [0, 0.1) is 22.0 Å².